The predicted molar refractivity (Wildman–Crippen MR) is 106 cm³/mol. The molecule has 2 aromatic heterocycles. The van der Waals surface area contributed by atoms with Crippen molar-refractivity contribution < 1.29 is 9.59 Å². The molecule has 2 saturated heterocycles. The Bertz CT molecular complexity index is 818. The van der Waals surface area contributed by atoms with Crippen LogP contribution in [0.25, 0.3) is 0 Å². The summed E-state index contributed by atoms with van der Waals surface area (Å²) in [6.07, 6.45) is 10.7. The highest BCUT2D eigenvalue weighted by atomic mass is 16.2. The third-order valence-electron chi connectivity index (χ3n) is 6.00. The van der Waals surface area contributed by atoms with Crippen LogP contribution < -0.4 is 4.90 Å². The van der Waals surface area contributed by atoms with Gasteiger partial charge in [-0.15, -0.1) is 0 Å². The number of ketones is 1. The Morgan fingerprint density at radius 1 is 1.25 bits per heavy atom. The molecule has 0 spiro atoms. The Morgan fingerprint density at radius 3 is 2.86 bits per heavy atom. The molecule has 0 unspecified atom stereocenters. The lowest BCUT2D eigenvalue weighted by molar-refractivity contribution is -0.139. The Kier molecular flexibility index (Phi) is 5.41. The third-order valence-corrected chi connectivity index (χ3v) is 6.00. The molecule has 0 aliphatic carbocycles. The van der Waals surface area contributed by atoms with E-state index >= 15 is 0 Å². The molecule has 0 N–H and O–H groups in total. The fraction of sp³-hybridized carbons (Fsp3) is 0.524. The van der Waals surface area contributed by atoms with Crippen molar-refractivity contribution in [2.45, 2.75) is 45.2 Å². The Balaban J connectivity index is 1.37. The van der Waals surface area contributed by atoms with Crippen LogP contribution in [0.2, 0.25) is 0 Å². The summed E-state index contributed by atoms with van der Waals surface area (Å²) in [5.41, 5.74) is 0.644. The van der Waals surface area contributed by atoms with Gasteiger partial charge in [-0.25, -0.2) is 9.97 Å². The average molecular weight is 381 g/mol. The molecule has 1 amide bonds. The van der Waals surface area contributed by atoms with Gasteiger partial charge in [-0.3, -0.25) is 9.59 Å². The van der Waals surface area contributed by atoms with Gasteiger partial charge in [0.25, 0.3) is 0 Å². The van der Waals surface area contributed by atoms with Crippen molar-refractivity contribution in [3.63, 3.8) is 0 Å². The van der Waals surface area contributed by atoms with E-state index in [1.54, 1.807) is 19.3 Å². The van der Waals surface area contributed by atoms with Crippen molar-refractivity contribution >= 4 is 17.5 Å². The van der Waals surface area contributed by atoms with Crippen molar-refractivity contribution in [3.05, 3.63) is 42.6 Å². The van der Waals surface area contributed by atoms with Crippen LogP contribution >= 0.6 is 0 Å². The quantitative estimate of drug-likeness (QED) is 0.719. The maximum Gasteiger partial charge on any atom is 0.222 e. The zero-order valence-electron chi connectivity index (χ0n) is 16.3. The highest BCUT2D eigenvalue weighted by molar-refractivity contribution is 5.93. The SMILES string of the molecule is CC(=O)c1ccc(N2CC[C@@H]3[C@@H](CCC(=O)N3CCCn3ccnc3)C2)nc1. The average Bonchev–Trinajstić information content (AvgIpc) is 3.23. The van der Waals surface area contributed by atoms with E-state index in [0.29, 0.717) is 29.9 Å². The molecule has 2 aliphatic rings. The number of fused-ring (bicyclic) bond motifs is 1. The fourth-order valence-electron chi connectivity index (χ4n) is 4.47. The summed E-state index contributed by atoms with van der Waals surface area (Å²) in [5, 5.41) is 0. The standard InChI is InChI=1S/C21H27N5O2/c1-16(27)17-3-5-20(23-13-17)25-11-7-19-18(14-25)4-6-21(28)26(19)10-2-9-24-12-8-22-15-24/h3,5,8,12-13,15,18-19H,2,4,6-7,9-11,14H2,1H3/t18-,19+/m0/s1. The largest absolute Gasteiger partial charge is 0.356 e. The normalized spacial score (nSPS) is 22.2. The van der Waals surface area contributed by atoms with Crippen LogP contribution in [-0.2, 0) is 11.3 Å². The minimum absolute atomic E-state index is 0.0369. The topological polar surface area (TPSA) is 71.3 Å². The fourth-order valence-corrected chi connectivity index (χ4v) is 4.47. The van der Waals surface area contributed by atoms with Crippen molar-refractivity contribution in [3.8, 4) is 0 Å². The number of aryl methyl sites for hydroxylation is 1. The van der Waals surface area contributed by atoms with Crippen LogP contribution in [0.4, 0.5) is 5.82 Å². The predicted octanol–water partition coefficient (Wildman–Crippen LogP) is 2.39. The summed E-state index contributed by atoms with van der Waals surface area (Å²) in [4.78, 5) is 37.0. The van der Waals surface area contributed by atoms with E-state index in [9.17, 15) is 9.59 Å². The maximum absolute atomic E-state index is 12.5. The van der Waals surface area contributed by atoms with Gasteiger partial charge < -0.3 is 14.4 Å². The first-order valence-electron chi connectivity index (χ1n) is 10.1. The van der Waals surface area contributed by atoms with Gasteiger partial charge >= 0.3 is 0 Å². The van der Waals surface area contributed by atoms with Gasteiger partial charge in [-0.2, -0.15) is 0 Å². The van der Waals surface area contributed by atoms with Crippen LogP contribution in [0.15, 0.2) is 37.1 Å². The molecule has 148 valence electrons. The smallest absolute Gasteiger partial charge is 0.222 e. The number of pyridine rings is 1. The first-order valence-corrected chi connectivity index (χ1v) is 10.1. The summed E-state index contributed by atoms with van der Waals surface area (Å²) < 4.78 is 2.06. The molecule has 4 heterocycles. The summed E-state index contributed by atoms with van der Waals surface area (Å²) in [6.45, 7) is 5.06. The van der Waals surface area contributed by atoms with Crippen LogP contribution in [0.5, 0.6) is 0 Å². The van der Waals surface area contributed by atoms with Gasteiger partial charge in [0.15, 0.2) is 5.78 Å². The lowest BCUT2D eigenvalue weighted by Crippen LogP contribution is -2.56. The molecule has 0 aromatic carbocycles. The number of rotatable bonds is 6. The van der Waals surface area contributed by atoms with Gasteiger partial charge in [0.05, 0.1) is 6.33 Å². The molecule has 2 atom stereocenters. The Morgan fingerprint density at radius 2 is 2.14 bits per heavy atom. The van der Waals surface area contributed by atoms with Gasteiger partial charge in [-0.1, -0.05) is 0 Å². The van der Waals surface area contributed by atoms with Gasteiger partial charge in [0, 0.05) is 62.8 Å². The van der Waals surface area contributed by atoms with Crippen molar-refractivity contribution in [2.24, 2.45) is 5.92 Å². The van der Waals surface area contributed by atoms with E-state index in [1.165, 1.54) is 0 Å². The zero-order chi connectivity index (χ0) is 19.5. The molecule has 2 aromatic rings. The third kappa shape index (κ3) is 3.93. The summed E-state index contributed by atoms with van der Waals surface area (Å²) in [6, 6.07) is 4.12. The molecule has 2 aliphatic heterocycles. The molecule has 7 nitrogen and oxygen atoms in total. The molecule has 28 heavy (non-hydrogen) atoms. The van der Waals surface area contributed by atoms with Crippen LogP contribution in [0, 0.1) is 5.92 Å². The number of anilines is 1. The number of nitrogens with zero attached hydrogens (tertiary/aromatic N) is 5. The molecule has 4 rings (SSSR count). The second kappa shape index (κ2) is 8.12. The summed E-state index contributed by atoms with van der Waals surface area (Å²) in [7, 11) is 0. The minimum atomic E-state index is 0.0369. The summed E-state index contributed by atoms with van der Waals surface area (Å²) >= 11 is 0. The van der Waals surface area contributed by atoms with Gasteiger partial charge in [-0.05, 0) is 44.2 Å². The second-order valence-electron chi connectivity index (χ2n) is 7.80. The molecule has 0 saturated carbocycles. The van der Waals surface area contributed by atoms with Crippen LogP contribution in [0.3, 0.4) is 0 Å². The monoisotopic (exact) mass is 381 g/mol. The first-order chi connectivity index (χ1) is 13.6. The van der Waals surface area contributed by atoms with Crippen molar-refractivity contribution in [2.75, 3.05) is 24.5 Å². The number of hydrogen-bond donors (Lipinski definition) is 0. The Labute approximate surface area is 165 Å². The number of aromatic nitrogens is 3. The number of amides is 1. The van der Waals surface area contributed by atoms with E-state index in [0.717, 1.165) is 51.3 Å². The summed E-state index contributed by atoms with van der Waals surface area (Å²) in [5.74, 6) is 1.74. The zero-order valence-corrected chi connectivity index (χ0v) is 16.3. The number of imidazole rings is 1. The van der Waals surface area contributed by atoms with E-state index in [2.05, 4.69) is 24.3 Å². The number of piperidine rings is 2. The molecular weight excluding hydrogens is 354 g/mol. The highest BCUT2D eigenvalue weighted by Crippen LogP contribution is 2.33. The van der Waals surface area contributed by atoms with Gasteiger partial charge in [0.2, 0.25) is 5.91 Å². The van der Waals surface area contributed by atoms with Crippen molar-refractivity contribution in [1.82, 2.24) is 19.4 Å². The number of carbonyl (C=O) groups is 2. The molecular formula is C21H27N5O2. The van der Waals surface area contributed by atoms with Crippen molar-refractivity contribution in [1.29, 1.82) is 0 Å². The van der Waals surface area contributed by atoms with Crippen LogP contribution in [-0.4, -0.2) is 56.8 Å². The number of hydrogen-bond acceptors (Lipinski definition) is 5. The second-order valence-corrected chi connectivity index (χ2v) is 7.80. The van der Waals surface area contributed by atoms with E-state index in [1.807, 2.05) is 24.7 Å². The van der Waals surface area contributed by atoms with E-state index in [-0.39, 0.29) is 5.78 Å². The highest BCUT2D eigenvalue weighted by Gasteiger charge is 2.39. The van der Waals surface area contributed by atoms with E-state index in [4.69, 9.17) is 0 Å². The molecule has 7 heteroatoms. The van der Waals surface area contributed by atoms with Gasteiger partial charge in [0.1, 0.15) is 5.82 Å². The minimum Gasteiger partial charge on any atom is -0.356 e. The molecule has 2 fully saturated rings. The lowest BCUT2D eigenvalue weighted by Gasteiger charge is -2.47. The number of likely N-dealkylation sites (tertiary alicyclic amines) is 1. The molecule has 0 radical (unpaired) electrons. The Hall–Kier alpha value is -2.70. The van der Waals surface area contributed by atoms with Crippen LogP contribution in [0.1, 0.15) is 43.0 Å². The maximum atomic E-state index is 12.5. The lowest BCUT2D eigenvalue weighted by atomic mass is 9.83. The molecule has 0 bridgehead atoms. The number of Topliss-reactive ketones (excluding diaryl/α,β-unsaturated/α-hetero) is 1. The van der Waals surface area contributed by atoms with E-state index < -0.39 is 0 Å². The number of carbonyl (C=O) groups excluding carboxylic acids is 2. The first kappa shape index (κ1) is 18.7.